The summed E-state index contributed by atoms with van der Waals surface area (Å²) in [6.07, 6.45) is 4.41. The maximum atomic E-state index is 12.6. The number of H-pyrrole nitrogens is 1. The largest absolute Gasteiger partial charge is 0.337 e. The molecule has 3 heterocycles. The fraction of sp³-hybridized carbons (Fsp3) is 0.286. The highest BCUT2D eigenvalue weighted by Gasteiger charge is 2.26. The molecule has 0 radical (unpaired) electrons. The maximum Gasteiger partial charge on any atom is 0.271 e. The normalized spacial score (nSPS) is 17.1. The Kier molecular flexibility index (Phi) is 5.21. The Balaban J connectivity index is 1.47. The molecule has 1 amide bonds. The van der Waals surface area contributed by atoms with Crippen molar-refractivity contribution >= 4 is 17.5 Å². The molecule has 1 N–H and O–H groups in total. The lowest BCUT2D eigenvalue weighted by Gasteiger charge is -2.32. The lowest BCUT2D eigenvalue weighted by Crippen LogP contribution is -2.39. The molecule has 1 aromatic carbocycles. The summed E-state index contributed by atoms with van der Waals surface area (Å²) < 4.78 is 0. The van der Waals surface area contributed by atoms with Gasteiger partial charge < -0.3 is 4.90 Å². The van der Waals surface area contributed by atoms with Gasteiger partial charge >= 0.3 is 0 Å². The minimum Gasteiger partial charge on any atom is -0.337 e. The Morgan fingerprint density at radius 2 is 2.04 bits per heavy atom. The number of rotatable bonds is 4. The second-order valence-electron chi connectivity index (χ2n) is 6.92. The van der Waals surface area contributed by atoms with Crippen molar-refractivity contribution in [1.29, 1.82) is 0 Å². The monoisotopic (exact) mass is 380 g/mol. The molecule has 1 saturated heterocycles. The maximum absolute atomic E-state index is 12.6. The molecular weight excluding hydrogens is 360 g/mol. The van der Waals surface area contributed by atoms with E-state index in [2.05, 4.69) is 28.4 Å². The number of likely N-dealkylation sites (tertiary alicyclic amines) is 1. The summed E-state index contributed by atoms with van der Waals surface area (Å²) in [7, 11) is 0. The number of carbonyl (C=O) groups excluding carboxylic acids is 1. The van der Waals surface area contributed by atoms with Crippen molar-refractivity contribution in [3.63, 3.8) is 0 Å². The van der Waals surface area contributed by atoms with Crippen molar-refractivity contribution in [2.45, 2.75) is 25.2 Å². The fourth-order valence-corrected chi connectivity index (χ4v) is 3.71. The summed E-state index contributed by atoms with van der Waals surface area (Å²) in [5, 5.41) is 7.38. The highest BCUT2D eigenvalue weighted by atomic mass is 35.5. The third-order valence-corrected chi connectivity index (χ3v) is 5.24. The number of pyridine rings is 1. The van der Waals surface area contributed by atoms with Crippen molar-refractivity contribution in [2.75, 3.05) is 13.1 Å². The van der Waals surface area contributed by atoms with E-state index in [9.17, 15) is 4.79 Å². The molecule has 0 spiro atoms. The molecule has 6 heteroatoms. The average Bonchev–Trinajstić information content (AvgIpc) is 3.24. The molecule has 5 nitrogen and oxygen atoms in total. The smallest absolute Gasteiger partial charge is 0.271 e. The van der Waals surface area contributed by atoms with E-state index in [4.69, 9.17) is 16.6 Å². The first-order chi connectivity index (χ1) is 13.2. The third kappa shape index (κ3) is 4.19. The van der Waals surface area contributed by atoms with Crippen LogP contribution in [0.25, 0.3) is 0 Å². The molecule has 1 unspecified atom stereocenters. The quantitative estimate of drug-likeness (QED) is 0.742. The first-order valence-corrected chi connectivity index (χ1v) is 9.56. The van der Waals surface area contributed by atoms with E-state index < -0.39 is 0 Å². The van der Waals surface area contributed by atoms with Gasteiger partial charge in [-0.25, -0.2) is 0 Å². The minimum absolute atomic E-state index is 0.00881. The summed E-state index contributed by atoms with van der Waals surface area (Å²) in [4.78, 5) is 19.4. The Bertz CT molecular complexity index is 908. The third-order valence-electron chi connectivity index (χ3n) is 4.98. The molecule has 1 aliphatic rings. The van der Waals surface area contributed by atoms with Crippen molar-refractivity contribution in [1.82, 2.24) is 20.1 Å². The topological polar surface area (TPSA) is 61.9 Å². The summed E-state index contributed by atoms with van der Waals surface area (Å²) >= 11 is 5.96. The van der Waals surface area contributed by atoms with Gasteiger partial charge in [-0.05, 0) is 48.7 Å². The molecule has 27 heavy (non-hydrogen) atoms. The summed E-state index contributed by atoms with van der Waals surface area (Å²) in [5.41, 5.74) is 3.82. The van der Waals surface area contributed by atoms with Gasteiger partial charge in [0.05, 0.1) is 0 Å². The average molecular weight is 381 g/mol. The van der Waals surface area contributed by atoms with E-state index in [1.165, 1.54) is 5.56 Å². The predicted molar refractivity (Wildman–Crippen MR) is 105 cm³/mol. The second-order valence-corrected chi connectivity index (χ2v) is 7.35. The van der Waals surface area contributed by atoms with Crippen LogP contribution >= 0.6 is 11.6 Å². The summed E-state index contributed by atoms with van der Waals surface area (Å²) in [5.74, 6) is 0.269. The predicted octanol–water partition coefficient (Wildman–Crippen LogP) is 4.07. The van der Waals surface area contributed by atoms with Crippen molar-refractivity contribution in [3.05, 3.63) is 82.4 Å². The molecule has 2 aromatic heterocycles. The van der Waals surface area contributed by atoms with E-state index in [1.54, 1.807) is 12.3 Å². The first-order valence-electron chi connectivity index (χ1n) is 9.18. The number of benzene rings is 1. The molecular formula is C21H21ClN4O. The van der Waals surface area contributed by atoms with Gasteiger partial charge in [0.15, 0.2) is 0 Å². The molecule has 0 aliphatic carbocycles. The van der Waals surface area contributed by atoms with E-state index >= 15 is 0 Å². The number of hydrogen-bond acceptors (Lipinski definition) is 3. The van der Waals surface area contributed by atoms with Gasteiger partial charge in [0.25, 0.3) is 5.91 Å². The van der Waals surface area contributed by atoms with Crippen LogP contribution in [0.2, 0.25) is 5.02 Å². The van der Waals surface area contributed by atoms with Gasteiger partial charge in [0, 0.05) is 48.0 Å². The van der Waals surface area contributed by atoms with Crippen LogP contribution in [0.5, 0.6) is 0 Å². The van der Waals surface area contributed by atoms with Gasteiger partial charge in [-0.2, -0.15) is 5.10 Å². The summed E-state index contributed by atoms with van der Waals surface area (Å²) in [6.45, 7) is 1.47. The van der Waals surface area contributed by atoms with Crippen LogP contribution in [-0.4, -0.2) is 39.1 Å². The van der Waals surface area contributed by atoms with Gasteiger partial charge in [-0.3, -0.25) is 14.9 Å². The lowest BCUT2D eigenvalue weighted by atomic mass is 9.93. The zero-order chi connectivity index (χ0) is 18.6. The molecule has 1 aliphatic heterocycles. The van der Waals surface area contributed by atoms with E-state index in [0.29, 0.717) is 12.2 Å². The minimum atomic E-state index is 0.00881. The van der Waals surface area contributed by atoms with E-state index in [-0.39, 0.29) is 11.8 Å². The number of carbonyl (C=O) groups is 1. The molecule has 4 rings (SSSR count). The van der Waals surface area contributed by atoms with Crippen molar-refractivity contribution in [3.8, 4) is 0 Å². The number of hydrogen-bond donors (Lipinski definition) is 1. The van der Waals surface area contributed by atoms with Crippen LogP contribution < -0.4 is 0 Å². The zero-order valence-corrected chi connectivity index (χ0v) is 15.7. The Labute approximate surface area is 163 Å². The van der Waals surface area contributed by atoms with Crippen molar-refractivity contribution < 1.29 is 4.79 Å². The number of aromatic amines is 1. The van der Waals surface area contributed by atoms with Crippen LogP contribution in [0.15, 0.2) is 54.7 Å². The van der Waals surface area contributed by atoms with Gasteiger partial charge in [0.1, 0.15) is 5.69 Å². The molecule has 0 saturated carbocycles. The molecule has 1 atom stereocenters. The number of nitrogens with one attached hydrogen (secondary N) is 1. The fourth-order valence-electron chi connectivity index (χ4n) is 3.58. The van der Waals surface area contributed by atoms with E-state index in [0.717, 1.165) is 42.2 Å². The molecule has 138 valence electrons. The number of nitrogens with zero attached hydrogens (tertiary/aromatic N) is 3. The van der Waals surface area contributed by atoms with Gasteiger partial charge in [-0.15, -0.1) is 0 Å². The number of aromatic nitrogens is 3. The Hall–Kier alpha value is -2.66. The van der Waals surface area contributed by atoms with Crippen LogP contribution in [0, 0.1) is 0 Å². The zero-order valence-electron chi connectivity index (χ0n) is 14.9. The standard InChI is InChI=1S/C21H21ClN4O/c22-17-8-6-15(7-9-17)13-18-4-1-5-19(24-18)16-3-2-12-26(14-16)21(27)20-10-11-23-25-20/h1,4-11,16H,2-3,12-14H2,(H,23,25). The van der Waals surface area contributed by atoms with Gasteiger partial charge in [0.2, 0.25) is 0 Å². The molecule has 0 bridgehead atoms. The van der Waals surface area contributed by atoms with Crippen LogP contribution in [0.1, 0.15) is 46.2 Å². The highest BCUT2D eigenvalue weighted by Crippen LogP contribution is 2.27. The van der Waals surface area contributed by atoms with Crippen LogP contribution in [0.4, 0.5) is 0 Å². The van der Waals surface area contributed by atoms with E-state index in [1.807, 2.05) is 29.2 Å². The van der Waals surface area contributed by atoms with Crippen LogP contribution in [0.3, 0.4) is 0 Å². The van der Waals surface area contributed by atoms with Gasteiger partial charge in [-0.1, -0.05) is 29.8 Å². The first kappa shape index (κ1) is 17.7. The second kappa shape index (κ2) is 7.92. The van der Waals surface area contributed by atoms with Crippen LogP contribution in [-0.2, 0) is 6.42 Å². The molecule has 1 fully saturated rings. The number of halogens is 1. The Morgan fingerprint density at radius 1 is 1.19 bits per heavy atom. The van der Waals surface area contributed by atoms with Crippen molar-refractivity contribution in [2.24, 2.45) is 0 Å². The SMILES string of the molecule is O=C(c1ccn[nH]1)N1CCCC(c2cccc(Cc3ccc(Cl)cc3)n2)C1. The lowest BCUT2D eigenvalue weighted by molar-refractivity contribution is 0.0700. The number of piperidine rings is 1. The molecule has 3 aromatic rings. The highest BCUT2D eigenvalue weighted by molar-refractivity contribution is 6.30. The Morgan fingerprint density at radius 3 is 2.81 bits per heavy atom. The summed E-state index contributed by atoms with van der Waals surface area (Å²) in [6, 6.07) is 15.8. The number of amides is 1.